The van der Waals surface area contributed by atoms with Crippen molar-refractivity contribution in [3.05, 3.63) is 0 Å². The molecule has 14 heteroatoms. The number of primary amides is 1. The van der Waals surface area contributed by atoms with Crippen LogP contribution in [0.25, 0.3) is 0 Å². The first kappa shape index (κ1) is 29.7. The van der Waals surface area contributed by atoms with Gasteiger partial charge in [0.25, 0.3) is 0 Å². The third kappa shape index (κ3) is 10.7. The first-order chi connectivity index (χ1) is 15.2. The predicted octanol–water partition coefficient (Wildman–Crippen LogP) is -2.98. The van der Waals surface area contributed by atoms with Gasteiger partial charge in [0.2, 0.25) is 23.6 Å². The molecular weight excluding hydrogens is 442 g/mol. The zero-order valence-corrected chi connectivity index (χ0v) is 18.7. The van der Waals surface area contributed by atoms with Crippen LogP contribution in [0.3, 0.4) is 0 Å². The van der Waals surface area contributed by atoms with Crippen LogP contribution >= 0.6 is 0 Å². The zero-order chi connectivity index (χ0) is 25.9. The van der Waals surface area contributed by atoms with E-state index in [9.17, 15) is 39.0 Å². The summed E-state index contributed by atoms with van der Waals surface area (Å²) in [5.74, 6) is -6.80. The van der Waals surface area contributed by atoms with Gasteiger partial charge in [0, 0.05) is 6.42 Å². The molecule has 0 saturated carbocycles. The van der Waals surface area contributed by atoms with E-state index in [0.717, 1.165) is 0 Å². The standard InChI is InChI=1S/C19H33N5O9/c1-4-8(2)14(17(30)22-11(19(32)33)5-6-12(21)26)23-18(31)15(9(3)25)24-16(29)10(20)7-13(27)28/h8-11,14-15,25H,4-7,20H2,1-3H3,(H2,21,26)(H,22,30)(H,23,31)(H,24,29)(H,27,28)(H,32,33). The number of rotatable bonds is 15. The van der Waals surface area contributed by atoms with Crippen molar-refractivity contribution in [3.63, 3.8) is 0 Å². The summed E-state index contributed by atoms with van der Waals surface area (Å²) in [6.45, 7) is 4.52. The van der Waals surface area contributed by atoms with E-state index in [4.69, 9.17) is 16.6 Å². The summed E-state index contributed by atoms with van der Waals surface area (Å²) in [6.07, 6.45) is -2.30. The van der Waals surface area contributed by atoms with E-state index in [-0.39, 0.29) is 12.8 Å². The van der Waals surface area contributed by atoms with E-state index in [2.05, 4.69) is 16.0 Å². The van der Waals surface area contributed by atoms with Crippen LogP contribution in [0.5, 0.6) is 0 Å². The van der Waals surface area contributed by atoms with Crippen molar-refractivity contribution in [2.45, 2.75) is 76.7 Å². The van der Waals surface area contributed by atoms with Crippen LogP contribution in [0.4, 0.5) is 0 Å². The van der Waals surface area contributed by atoms with E-state index in [1.807, 2.05) is 0 Å². The molecule has 0 rings (SSSR count). The molecule has 10 N–H and O–H groups in total. The van der Waals surface area contributed by atoms with Crippen LogP contribution in [-0.4, -0.2) is 81.2 Å². The smallest absolute Gasteiger partial charge is 0.326 e. The second-order valence-electron chi connectivity index (χ2n) is 7.71. The van der Waals surface area contributed by atoms with Gasteiger partial charge in [-0.15, -0.1) is 0 Å². The fourth-order valence-corrected chi connectivity index (χ4v) is 2.70. The second kappa shape index (κ2) is 14.0. The van der Waals surface area contributed by atoms with Crippen LogP contribution in [0.1, 0.15) is 46.5 Å². The first-order valence-corrected chi connectivity index (χ1v) is 10.3. The monoisotopic (exact) mass is 475 g/mol. The van der Waals surface area contributed by atoms with Crippen LogP contribution in [0, 0.1) is 5.92 Å². The van der Waals surface area contributed by atoms with Crippen LogP contribution in [0.15, 0.2) is 0 Å². The molecule has 0 aliphatic carbocycles. The summed E-state index contributed by atoms with van der Waals surface area (Å²) in [7, 11) is 0. The summed E-state index contributed by atoms with van der Waals surface area (Å²) >= 11 is 0. The summed E-state index contributed by atoms with van der Waals surface area (Å²) in [6, 6.07) is -5.73. The Balaban J connectivity index is 5.50. The largest absolute Gasteiger partial charge is 0.481 e. The molecule has 0 spiro atoms. The third-order valence-corrected chi connectivity index (χ3v) is 4.88. The number of amides is 4. The maximum absolute atomic E-state index is 12.7. The van der Waals surface area contributed by atoms with Gasteiger partial charge in [-0.1, -0.05) is 20.3 Å². The number of nitrogens with two attached hydrogens (primary N) is 2. The van der Waals surface area contributed by atoms with E-state index in [0.29, 0.717) is 6.42 Å². The van der Waals surface area contributed by atoms with E-state index in [1.165, 1.54) is 6.92 Å². The van der Waals surface area contributed by atoms with E-state index in [1.54, 1.807) is 13.8 Å². The number of hydrogen-bond donors (Lipinski definition) is 8. The normalized spacial score (nSPS) is 16.3. The Hall–Kier alpha value is -3.26. The Morgan fingerprint density at radius 2 is 1.39 bits per heavy atom. The molecule has 0 aliphatic rings. The topological polar surface area (TPSA) is 251 Å². The molecule has 4 amide bonds. The van der Waals surface area contributed by atoms with Crippen molar-refractivity contribution in [2.24, 2.45) is 17.4 Å². The Labute approximate surface area is 190 Å². The molecule has 0 fully saturated rings. The van der Waals surface area contributed by atoms with Gasteiger partial charge in [0.05, 0.1) is 18.6 Å². The summed E-state index contributed by atoms with van der Waals surface area (Å²) < 4.78 is 0. The quantitative estimate of drug-likeness (QED) is 0.119. The van der Waals surface area contributed by atoms with Gasteiger partial charge in [-0.25, -0.2) is 4.79 Å². The number of hydrogen-bond acceptors (Lipinski definition) is 8. The number of nitrogens with one attached hydrogen (secondary N) is 3. The first-order valence-electron chi connectivity index (χ1n) is 10.3. The van der Waals surface area contributed by atoms with Gasteiger partial charge < -0.3 is 42.7 Å². The van der Waals surface area contributed by atoms with Gasteiger partial charge in [0.1, 0.15) is 18.1 Å². The van der Waals surface area contributed by atoms with Crippen LogP contribution in [0.2, 0.25) is 0 Å². The van der Waals surface area contributed by atoms with Crippen molar-refractivity contribution < 1.29 is 44.1 Å². The third-order valence-electron chi connectivity index (χ3n) is 4.88. The van der Waals surface area contributed by atoms with Crippen molar-refractivity contribution in [3.8, 4) is 0 Å². The Morgan fingerprint density at radius 3 is 1.82 bits per heavy atom. The minimum Gasteiger partial charge on any atom is -0.481 e. The van der Waals surface area contributed by atoms with Crippen molar-refractivity contribution in [1.82, 2.24) is 16.0 Å². The number of aliphatic hydroxyl groups excluding tert-OH is 1. The average Bonchev–Trinajstić information content (AvgIpc) is 2.70. The summed E-state index contributed by atoms with van der Waals surface area (Å²) in [5, 5.41) is 34.7. The highest BCUT2D eigenvalue weighted by molar-refractivity contribution is 5.95. The van der Waals surface area contributed by atoms with Crippen molar-refractivity contribution in [1.29, 1.82) is 0 Å². The molecule has 0 heterocycles. The van der Waals surface area contributed by atoms with Gasteiger partial charge in [-0.05, 0) is 19.3 Å². The number of carbonyl (C=O) groups excluding carboxylic acids is 4. The molecule has 33 heavy (non-hydrogen) atoms. The number of carboxylic acid groups (broad SMARTS) is 2. The lowest BCUT2D eigenvalue weighted by Crippen LogP contribution is -2.61. The molecule has 0 aromatic heterocycles. The zero-order valence-electron chi connectivity index (χ0n) is 18.7. The molecule has 0 aromatic carbocycles. The molecule has 6 unspecified atom stereocenters. The van der Waals surface area contributed by atoms with Crippen LogP contribution in [-0.2, 0) is 28.8 Å². The number of aliphatic hydroxyl groups is 1. The molecular formula is C19H33N5O9. The highest BCUT2D eigenvalue weighted by Crippen LogP contribution is 2.10. The molecule has 0 bridgehead atoms. The Kier molecular flexibility index (Phi) is 12.6. The Morgan fingerprint density at radius 1 is 0.879 bits per heavy atom. The van der Waals surface area contributed by atoms with Crippen LogP contribution < -0.4 is 27.4 Å². The molecule has 0 radical (unpaired) electrons. The average molecular weight is 475 g/mol. The molecule has 0 aliphatic heterocycles. The minimum atomic E-state index is -1.57. The lowest BCUT2D eigenvalue weighted by atomic mass is 9.96. The molecule has 6 atom stereocenters. The lowest BCUT2D eigenvalue weighted by molar-refractivity contribution is -0.143. The number of aliphatic carboxylic acids is 2. The molecule has 14 nitrogen and oxygen atoms in total. The van der Waals surface area contributed by atoms with Crippen molar-refractivity contribution >= 4 is 35.6 Å². The Bertz CT molecular complexity index is 743. The summed E-state index contributed by atoms with van der Waals surface area (Å²) in [5.41, 5.74) is 10.5. The highest BCUT2D eigenvalue weighted by atomic mass is 16.4. The van der Waals surface area contributed by atoms with Gasteiger partial charge in [-0.2, -0.15) is 0 Å². The van der Waals surface area contributed by atoms with Gasteiger partial charge in [-0.3, -0.25) is 24.0 Å². The number of carbonyl (C=O) groups is 6. The minimum absolute atomic E-state index is 0.259. The SMILES string of the molecule is CCC(C)C(NC(=O)C(NC(=O)C(N)CC(=O)O)C(C)O)C(=O)NC(CCC(N)=O)C(=O)O. The number of carboxylic acids is 2. The fraction of sp³-hybridized carbons (Fsp3) is 0.684. The molecule has 0 aromatic rings. The fourth-order valence-electron chi connectivity index (χ4n) is 2.70. The maximum atomic E-state index is 12.7. The van der Waals surface area contributed by atoms with Gasteiger partial charge in [0.15, 0.2) is 0 Å². The lowest BCUT2D eigenvalue weighted by Gasteiger charge is -2.28. The summed E-state index contributed by atoms with van der Waals surface area (Å²) in [4.78, 5) is 70.6. The predicted molar refractivity (Wildman–Crippen MR) is 113 cm³/mol. The maximum Gasteiger partial charge on any atom is 0.326 e. The van der Waals surface area contributed by atoms with E-state index < -0.39 is 78.2 Å². The molecule has 188 valence electrons. The van der Waals surface area contributed by atoms with E-state index >= 15 is 0 Å². The second-order valence-corrected chi connectivity index (χ2v) is 7.71. The van der Waals surface area contributed by atoms with Crippen molar-refractivity contribution in [2.75, 3.05) is 0 Å². The molecule has 0 saturated heterocycles. The van der Waals surface area contributed by atoms with Gasteiger partial charge >= 0.3 is 11.9 Å². The highest BCUT2D eigenvalue weighted by Gasteiger charge is 2.34.